The van der Waals surface area contributed by atoms with E-state index in [0.29, 0.717) is 18.8 Å². The Bertz CT molecular complexity index is 846. The first kappa shape index (κ1) is 16.7. The third-order valence-electron chi connectivity index (χ3n) is 4.78. The first-order valence-corrected chi connectivity index (χ1v) is 10.4. The third-order valence-corrected chi connectivity index (χ3v) is 6.64. The molecule has 1 aliphatic rings. The fraction of sp³-hybridized carbons (Fsp3) is 0.529. The number of likely N-dealkylation sites (tertiary alicyclic amines) is 1. The molecule has 0 N–H and O–H groups in total. The van der Waals surface area contributed by atoms with Crippen LogP contribution in [-0.4, -0.2) is 43.7 Å². The van der Waals surface area contributed by atoms with Gasteiger partial charge in [-0.2, -0.15) is 9.61 Å². The maximum atomic E-state index is 12.5. The predicted molar refractivity (Wildman–Crippen MR) is 99.0 cm³/mol. The van der Waals surface area contributed by atoms with Crippen LogP contribution in [0, 0.1) is 12.8 Å². The van der Waals surface area contributed by atoms with Gasteiger partial charge in [-0.25, -0.2) is 0 Å². The Morgan fingerprint density at radius 2 is 2.16 bits per heavy atom. The molecule has 4 rings (SSSR count). The zero-order chi connectivity index (χ0) is 17.2. The Morgan fingerprint density at radius 3 is 2.88 bits per heavy atom. The van der Waals surface area contributed by atoms with Gasteiger partial charge in [0, 0.05) is 30.8 Å². The standard InChI is InChI=1S/C17H21N5OS2/c1-12-18-19-17-22(12)20-15(25-17)4-5-16(23)21-8-6-13(7-9-21)11-14-3-2-10-24-14/h2-3,10,13H,4-9,11H2,1H3. The summed E-state index contributed by atoms with van der Waals surface area (Å²) in [7, 11) is 0. The fourth-order valence-corrected chi connectivity index (χ4v) is 5.03. The summed E-state index contributed by atoms with van der Waals surface area (Å²) < 4.78 is 1.75. The number of carbonyl (C=O) groups excluding carboxylic acids is 1. The highest BCUT2D eigenvalue weighted by Crippen LogP contribution is 2.24. The van der Waals surface area contributed by atoms with Crippen LogP contribution in [0.4, 0.5) is 0 Å². The van der Waals surface area contributed by atoms with E-state index in [1.54, 1.807) is 4.52 Å². The van der Waals surface area contributed by atoms with Gasteiger partial charge in [-0.3, -0.25) is 4.79 Å². The summed E-state index contributed by atoms with van der Waals surface area (Å²) in [6.45, 7) is 3.66. The molecular formula is C17H21N5OS2. The molecule has 1 saturated heterocycles. The molecule has 0 aromatic carbocycles. The SMILES string of the molecule is Cc1nnc2sc(CCC(=O)N3CCC(Cc4cccs4)CC3)nn12. The van der Waals surface area contributed by atoms with E-state index in [1.807, 2.05) is 23.2 Å². The second-order valence-electron chi connectivity index (χ2n) is 6.55. The monoisotopic (exact) mass is 375 g/mol. The molecule has 0 aliphatic carbocycles. The van der Waals surface area contributed by atoms with Crippen molar-refractivity contribution < 1.29 is 4.79 Å². The molecule has 0 radical (unpaired) electrons. The molecule has 25 heavy (non-hydrogen) atoms. The van der Waals surface area contributed by atoms with Crippen molar-refractivity contribution >= 4 is 33.5 Å². The molecule has 6 nitrogen and oxygen atoms in total. The fourth-order valence-electron chi connectivity index (χ4n) is 3.33. The lowest BCUT2D eigenvalue weighted by atomic mass is 9.93. The van der Waals surface area contributed by atoms with Gasteiger partial charge >= 0.3 is 0 Å². The summed E-state index contributed by atoms with van der Waals surface area (Å²) in [5.41, 5.74) is 0. The van der Waals surface area contributed by atoms with Crippen LogP contribution in [0.25, 0.3) is 4.96 Å². The molecule has 3 aromatic rings. The van der Waals surface area contributed by atoms with Gasteiger partial charge in [-0.1, -0.05) is 17.4 Å². The van der Waals surface area contributed by atoms with Crippen LogP contribution in [0.1, 0.15) is 35.0 Å². The highest BCUT2D eigenvalue weighted by Gasteiger charge is 2.23. The van der Waals surface area contributed by atoms with E-state index in [1.165, 1.54) is 16.2 Å². The molecule has 1 amide bonds. The van der Waals surface area contributed by atoms with Crippen LogP contribution < -0.4 is 0 Å². The Balaban J connectivity index is 1.26. The number of amides is 1. The number of fused-ring (bicyclic) bond motifs is 1. The van der Waals surface area contributed by atoms with E-state index >= 15 is 0 Å². The zero-order valence-electron chi connectivity index (χ0n) is 14.2. The van der Waals surface area contributed by atoms with Gasteiger partial charge in [0.25, 0.3) is 0 Å². The van der Waals surface area contributed by atoms with Gasteiger partial charge in [0.05, 0.1) is 0 Å². The lowest BCUT2D eigenvalue weighted by molar-refractivity contribution is -0.132. The van der Waals surface area contributed by atoms with Gasteiger partial charge in [0.2, 0.25) is 10.9 Å². The Kier molecular flexibility index (Phi) is 4.80. The second-order valence-corrected chi connectivity index (χ2v) is 8.62. The molecule has 0 spiro atoms. The van der Waals surface area contributed by atoms with Gasteiger partial charge in [-0.05, 0) is 43.6 Å². The number of hydrogen-bond donors (Lipinski definition) is 0. The maximum absolute atomic E-state index is 12.5. The summed E-state index contributed by atoms with van der Waals surface area (Å²) in [5.74, 6) is 1.75. The number of hydrogen-bond acceptors (Lipinski definition) is 6. The maximum Gasteiger partial charge on any atom is 0.234 e. The molecule has 1 aliphatic heterocycles. The molecule has 8 heteroatoms. The van der Waals surface area contributed by atoms with Crippen molar-refractivity contribution in [2.75, 3.05) is 13.1 Å². The number of thiophene rings is 1. The molecule has 1 fully saturated rings. The normalized spacial score (nSPS) is 16.0. The largest absolute Gasteiger partial charge is 0.343 e. The van der Waals surface area contributed by atoms with Crippen LogP contribution in [0.2, 0.25) is 0 Å². The van der Waals surface area contributed by atoms with Crippen molar-refractivity contribution in [3.8, 4) is 0 Å². The van der Waals surface area contributed by atoms with Crippen LogP contribution >= 0.6 is 22.7 Å². The van der Waals surface area contributed by atoms with Crippen molar-refractivity contribution in [2.45, 2.75) is 39.0 Å². The topological polar surface area (TPSA) is 63.4 Å². The molecule has 0 saturated carbocycles. The molecule has 3 aromatic heterocycles. The van der Waals surface area contributed by atoms with Crippen LogP contribution in [0.3, 0.4) is 0 Å². The summed E-state index contributed by atoms with van der Waals surface area (Å²) >= 11 is 3.35. The average Bonchev–Trinajstić information content (AvgIpc) is 3.33. The highest BCUT2D eigenvalue weighted by molar-refractivity contribution is 7.16. The zero-order valence-corrected chi connectivity index (χ0v) is 15.9. The molecule has 0 atom stereocenters. The van der Waals surface area contributed by atoms with Gasteiger partial charge in [-0.15, -0.1) is 21.5 Å². The number of rotatable bonds is 5. The third kappa shape index (κ3) is 3.74. The van der Waals surface area contributed by atoms with E-state index in [9.17, 15) is 4.79 Å². The summed E-state index contributed by atoms with van der Waals surface area (Å²) in [5, 5.41) is 15.6. The quantitative estimate of drug-likeness (QED) is 0.688. The molecule has 0 unspecified atom stereocenters. The van der Waals surface area contributed by atoms with Crippen molar-refractivity contribution in [1.29, 1.82) is 0 Å². The van der Waals surface area contributed by atoms with E-state index < -0.39 is 0 Å². The first-order chi connectivity index (χ1) is 12.2. The second kappa shape index (κ2) is 7.21. The molecule has 4 heterocycles. The van der Waals surface area contributed by atoms with Crippen molar-refractivity contribution in [2.24, 2.45) is 5.92 Å². The van der Waals surface area contributed by atoms with Crippen LogP contribution in [0.5, 0.6) is 0 Å². The molecular weight excluding hydrogens is 354 g/mol. The van der Waals surface area contributed by atoms with Crippen molar-refractivity contribution in [3.63, 3.8) is 0 Å². The van der Waals surface area contributed by atoms with Crippen LogP contribution in [0.15, 0.2) is 17.5 Å². The van der Waals surface area contributed by atoms with Gasteiger partial charge < -0.3 is 4.90 Å². The Hall–Kier alpha value is -1.80. The minimum absolute atomic E-state index is 0.247. The number of aryl methyl sites for hydroxylation is 2. The summed E-state index contributed by atoms with van der Waals surface area (Å²) in [6.07, 6.45) is 4.59. The number of aromatic nitrogens is 4. The van der Waals surface area contributed by atoms with Gasteiger partial charge in [0.1, 0.15) is 5.01 Å². The van der Waals surface area contributed by atoms with E-state index in [2.05, 4.69) is 32.8 Å². The lowest BCUT2D eigenvalue weighted by Crippen LogP contribution is -2.38. The number of piperidine rings is 1. The number of carbonyl (C=O) groups is 1. The smallest absolute Gasteiger partial charge is 0.234 e. The first-order valence-electron chi connectivity index (χ1n) is 8.67. The average molecular weight is 376 g/mol. The minimum atomic E-state index is 0.247. The number of nitrogens with zero attached hydrogens (tertiary/aromatic N) is 5. The van der Waals surface area contributed by atoms with Crippen molar-refractivity contribution in [3.05, 3.63) is 33.2 Å². The Labute approximate surface area is 154 Å². The summed E-state index contributed by atoms with van der Waals surface area (Å²) in [6, 6.07) is 4.33. The summed E-state index contributed by atoms with van der Waals surface area (Å²) in [4.78, 5) is 16.8. The van der Waals surface area contributed by atoms with Gasteiger partial charge in [0.15, 0.2) is 5.82 Å². The van der Waals surface area contributed by atoms with E-state index in [0.717, 1.165) is 48.1 Å². The molecule has 132 valence electrons. The predicted octanol–water partition coefficient (Wildman–Crippen LogP) is 2.97. The molecule has 0 bridgehead atoms. The lowest BCUT2D eigenvalue weighted by Gasteiger charge is -2.32. The van der Waals surface area contributed by atoms with E-state index in [4.69, 9.17) is 0 Å². The van der Waals surface area contributed by atoms with Crippen LogP contribution in [-0.2, 0) is 17.6 Å². The highest BCUT2D eigenvalue weighted by atomic mass is 32.1. The van der Waals surface area contributed by atoms with Crippen molar-refractivity contribution in [1.82, 2.24) is 24.7 Å². The van der Waals surface area contributed by atoms with E-state index in [-0.39, 0.29) is 5.91 Å². The minimum Gasteiger partial charge on any atom is -0.343 e. The Morgan fingerprint density at radius 1 is 1.32 bits per heavy atom.